The predicted molar refractivity (Wildman–Crippen MR) is 284 cm³/mol. The summed E-state index contributed by atoms with van der Waals surface area (Å²) in [5.74, 6) is 0.846. The van der Waals surface area contributed by atoms with Crippen LogP contribution in [0.3, 0.4) is 0 Å². The van der Waals surface area contributed by atoms with E-state index in [2.05, 4.69) is 287 Å². The summed E-state index contributed by atoms with van der Waals surface area (Å²) in [7, 11) is 0. The molecule has 4 heteroatoms. The molecule has 68 heavy (non-hydrogen) atoms. The van der Waals surface area contributed by atoms with Crippen molar-refractivity contribution in [1.29, 1.82) is 0 Å². The maximum Gasteiger partial charge on any atom is 0.135 e. The molecule has 0 unspecified atom stereocenters. The molecule has 322 valence electrons. The lowest BCUT2D eigenvalue weighted by atomic mass is 10.0. The number of rotatable bonds is 11. The Labute approximate surface area is 396 Å². The molecule has 0 aliphatic heterocycles. The third-order valence-corrected chi connectivity index (χ3v) is 12.8. The Morgan fingerprint density at radius 2 is 0.632 bits per heavy atom. The van der Waals surface area contributed by atoms with Crippen molar-refractivity contribution in [1.82, 2.24) is 4.57 Å². The van der Waals surface area contributed by atoms with Gasteiger partial charge in [0, 0.05) is 56.1 Å². The molecule has 0 N–H and O–H groups in total. The fourth-order valence-electron chi connectivity index (χ4n) is 9.42. The molecule has 0 saturated heterocycles. The Morgan fingerprint density at radius 1 is 0.279 bits per heavy atom. The second kappa shape index (κ2) is 17.7. The van der Waals surface area contributed by atoms with Crippen molar-refractivity contribution in [3.05, 3.63) is 273 Å². The average Bonchev–Trinajstić information content (AvgIpc) is 4.01. The highest BCUT2D eigenvalue weighted by Gasteiger charge is 2.18. The van der Waals surface area contributed by atoms with Crippen LogP contribution in [-0.2, 0) is 0 Å². The van der Waals surface area contributed by atoms with Crippen molar-refractivity contribution in [3.63, 3.8) is 0 Å². The molecule has 0 spiro atoms. The van der Waals surface area contributed by atoms with Gasteiger partial charge in [-0.15, -0.1) is 0 Å². The highest BCUT2D eigenvalue weighted by Crippen LogP contribution is 2.40. The van der Waals surface area contributed by atoms with Crippen LogP contribution in [0.4, 0.5) is 34.1 Å². The van der Waals surface area contributed by atoms with Crippen LogP contribution < -0.4 is 9.80 Å². The number of nitrogens with zero attached hydrogens (tertiary/aromatic N) is 3. The van der Waals surface area contributed by atoms with Crippen molar-refractivity contribution >= 4 is 56.0 Å². The third kappa shape index (κ3) is 7.80. The van der Waals surface area contributed by atoms with Gasteiger partial charge < -0.3 is 18.8 Å². The van der Waals surface area contributed by atoms with Crippen LogP contribution in [0.1, 0.15) is 0 Å². The lowest BCUT2D eigenvalue weighted by Crippen LogP contribution is -2.09. The predicted octanol–water partition coefficient (Wildman–Crippen LogP) is 18.0. The standard InChI is InChI=1S/C64H45N3O/c1-6-16-54(17-7-1)65(55-18-8-2-9-19-55)59-38-34-48(35-39-59)46-26-30-50(31-27-46)61-42-52-44-64-53(43-62(52)67(61)58-24-14-5-15-25-58)45-63(68-64)51-32-28-47(29-33-51)49-36-40-60(41-37-49)66(56-20-10-3-11-21-56)57-22-12-4-13-23-57/h1-45H. The van der Waals surface area contributed by atoms with Gasteiger partial charge in [-0.25, -0.2) is 0 Å². The van der Waals surface area contributed by atoms with E-state index >= 15 is 0 Å². The molecular formula is C64H45N3O. The first-order valence-corrected chi connectivity index (χ1v) is 23.1. The highest BCUT2D eigenvalue weighted by atomic mass is 16.3. The van der Waals surface area contributed by atoms with Gasteiger partial charge >= 0.3 is 0 Å². The van der Waals surface area contributed by atoms with Crippen molar-refractivity contribution in [2.45, 2.75) is 0 Å². The topological polar surface area (TPSA) is 24.6 Å². The van der Waals surface area contributed by atoms with E-state index in [4.69, 9.17) is 4.42 Å². The van der Waals surface area contributed by atoms with Gasteiger partial charge in [-0.05, 0) is 137 Å². The molecule has 4 nitrogen and oxygen atoms in total. The van der Waals surface area contributed by atoms with E-state index in [1.807, 2.05) is 0 Å². The smallest absolute Gasteiger partial charge is 0.135 e. The number of fused-ring (bicyclic) bond motifs is 2. The lowest BCUT2D eigenvalue weighted by molar-refractivity contribution is 0.632. The number of hydrogen-bond acceptors (Lipinski definition) is 3. The second-order valence-corrected chi connectivity index (χ2v) is 17.0. The first-order valence-electron chi connectivity index (χ1n) is 23.1. The summed E-state index contributed by atoms with van der Waals surface area (Å²) in [6.07, 6.45) is 0. The van der Waals surface area contributed by atoms with Crippen LogP contribution in [0.5, 0.6) is 0 Å². The molecule has 0 amide bonds. The van der Waals surface area contributed by atoms with Crippen LogP contribution in [0.25, 0.3) is 72.4 Å². The minimum Gasteiger partial charge on any atom is -0.456 e. The van der Waals surface area contributed by atoms with Crippen LogP contribution in [0.15, 0.2) is 277 Å². The molecule has 0 fully saturated rings. The van der Waals surface area contributed by atoms with Crippen molar-refractivity contribution < 1.29 is 4.42 Å². The summed E-state index contributed by atoms with van der Waals surface area (Å²) >= 11 is 0. The van der Waals surface area contributed by atoms with E-state index in [0.717, 1.165) is 95.4 Å². The Balaban J connectivity index is 0.819. The molecule has 2 heterocycles. The molecule has 0 aliphatic rings. The summed E-state index contributed by atoms with van der Waals surface area (Å²) in [5.41, 5.74) is 17.7. The van der Waals surface area contributed by atoms with Gasteiger partial charge in [-0.3, -0.25) is 0 Å². The number of hydrogen-bond donors (Lipinski definition) is 0. The highest BCUT2D eigenvalue weighted by molar-refractivity contribution is 6.00. The largest absolute Gasteiger partial charge is 0.456 e. The van der Waals surface area contributed by atoms with Crippen molar-refractivity contribution in [2.75, 3.05) is 9.80 Å². The zero-order valence-corrected chi connectivity index (χ0v) is 37.2. The minimum atomic E-state index is 0.846. The second-order valence-electron chi connectivity index (χ2n) is 17.0. The van der Waals surface area contributed by atoms with Gasteiger partial charge in [0.25, 0.3) is 0 Å². The first kappa shape index (κ1) is 40.4. The quantitative estimate of drug-likeness (QED) is 0.129. The number of furan rings is 1. The van der Waals surface area contributed by atoms with Gasteiger partial charge in [0.05, 0.1) is 11.2 Å². The van der Waals surface area contributed by atoms with Crippen LogP contribution in [0.2, 0.25) is 0 Å². The molecule has 0 saturated carbocycles. The van der Waals surface area contributed by atoms with Gasteiger partial charge in [0.1, 0.15) is 11.3 Å². The summed E-state index contributed by atoms with van der Waals surface area (Å²) in [4.78, 5) is 4.57. The van der Waals surface area contributed by atoms with Gasteiger partial charge in [-0.1, -0.05) is 164 Å². The zero-order valence-electron chi connectivity index (χ0n) is 37.2. The zero-order chi connectivity index (χ0) is 45.2. The van der Waals surface area contributed by atoms with Crippen LogP contribution in [0, 0.1) is 0 Å². The Morgan fingerprint density at radius 3 is 1.06 bits per heavy atom. The Bertz CT molecular complexity index is 3530. The molecule has 0 atom stereocenters. The van der Waals surface area contributed by atoms with E-state index in [1.165, 1.54) is 11.1 Å². The SMILES string of the molecule is c1ccc(N(c2ccccc2)c2ccc(-c3ccc(-c4cc5cc6c(cc(-c7ccc(-c8ccc(N(c9ccccc9)c9ccccc9)cc8)cc7)n6-c6ccccc6)cc5o4)cc3)cc2)cc1. The molecule has 2 aromatic heterocycles. The Hall–Kier alpha value is -9.12. The number of benzene rings is 10. The lowest BCUT2D eigenvalue weighted by Gasteiger charge is -2.25. The summed E-state index contributed by atoms with van der Waals surface area (Å²) < 4.78 is 8.98. The molecule has 12 rings (SSSR count). The van der Waals surface area contributed by atoms with E-state index in [-0.39, 0.29) is 0 Å². The number of aromatic nitrogens is 1. The minimum absolute atomic E-state index is 0.846. The molecule has 12 aromatic rings. The summed E-state index contributed by atoms with van der Waals surface area (Å²) in [6, 6.07) is 96.8. The van der Waals surface area contributed by atoms with Crippen molar-refractivity contribution in [3.8, 4) is 50.5 Å². The molecule has 0 aliphatic carbocycles. The van der Waals surface area contributed by atoms with E-state index in [9.17, 15) is 0 Å². The molecular weight excluding hydrogens is 827 g/mol. The molecule has 0 bridgehead atoms. The normalized spacial score (nSPS) is 11.2. The fraction of sp³-hybridized carbons (Fsp3) is 0. The Kier molecular flexibility index (Phi) is 10.5. The van der Waals surface area contributed by atoms with Gasteiger partial charge in [-0.2, -0.15) is 0 Å². The molecule has 0 radical (unpaired) electrons. The fourth-order valence-corrected chi connectivity index (χ4v) is 9.42. The van der Waals surface area contributed by atoms with Crippen LogP contribution in [-0.4, -0.2) is 4.57 Å². The third-order valence-electron chi connectivity index (χ3n) is 12.8. The first-order chi connectivity index (χ1) is 33.7. The van der Waals surface area contributed by atoms with Gasteiger partial charge in [0.15, 0.2) is 0 Å². The summed E-state index contributed by atoms with van der Waals surface area (Å²) in [5, 5.41) is 2.18. The number of para-hydroxylation sites is 5. The monoisotopic (exact) mass is 871 g/mol. The maximum atomic E-state index is 6.61. The van der Waals surface area contributed by atoms with Gasteiger partial charge in [0.2, 0.25) is 0 Å². The van der Waals surface area contributed by atoms with Crippen molar-refractivity contribution in [2.24, 2.45) is 0 Å². The number of anilines is 6. The average molecular weight is 872 g/mol. The van der Waals surface area contributed by atoms with Crippen LogP contribution >= 0.6 is 0 Å². The maximum absolute atomic E-state index is 6.61. The van der Waals surface area contributed by atoms with E-state index in [0.29, 0.717) is 0 Å². The van der Waals surface area contributed by atoms with E-state index in [1.54, 1.807) is 0 Å². The summed E-state index contributed by atoms with van der Waals surface area (Å²) in [6.45, 7) is 0. The van der Waals surface area contributed by atoms with E-state index < -0.39 is 0 Å². The molecule has 10 aromatic carbocycles.